The van der Waals surface area contributed by atoms with Gasteiger partial charge in [-0.2, -0.15) is 26.0 Å². The second kappa shape index (κ2) is 36.0. The predicted octanol–water partition coefficient (Wildman–Crippen LogP) is 4.22. The summed E-state index contributed by atoms with van der Waals surface area (Å²) in [4.78, 5) is 0. The van der Waals surface area contributed by atoms with Gasteiger partial charge in [-0.3, -0.25) is 12.2 Å². The molecule has 0 fully saturated rings. The van der Waals surface area contributed by atoms with E-state index in [-0.39, 0.29) is 32.2 Å². The molecule has 0 unspecified atom stereocenters. The second-order valence-electron chi connectivity index (χ2n) is 2.58. The Morgan fingerprint density at radius 3 is 1.28 bits per heavy atom. The minimum atomic E-state index is 0. The van der Waals surface area contributed by atoms with Crippen molar-refractivity contribution in [3.63, 3.8) is 0 Å². The Morgan fingerprint density at radius 2 is 1.22 bits per heavy atom. The Kier molecular flexibility index (Phi) is 62.4. The molecule has 0 heterocycles. The van der Waals surface area contributed by atoms with Crippen LogP contribution in [0.25, 0.3) is 0 Å². The van der Waals surface area contributed by atoms with E-state index in [1.165, 1.54) is 0 Å². The van der Waals surface area contributed by atoms with Gasteiger partial charge < -0.3 is 13.8 Å². The molecule has 0 aliphatic heterocycles. The van der Waals surface area contributed by atoms with Gasteiger partial charge in [0.25, 0.3) is 0 Å². The van der Waals surface area contributed by atoms with Crippen molar-refractivity contribution in [2.24, 2.45) is 0 Å². The minimum absolute atomic E-state index is 0. The average Bonchev–Trinajstić information content (AvgIpc) is 3.01. The normalized spacial score (nSPS) is 10.9. The maximum atomic E-state index is 2.99. The Bertz CT molecular complexity index is 182. The van der Waals surface area contributed by atoms with Gasteiger partial charge in [-0.05, 0) is 0 Å². The average molecular weight is 383 g/mol. The van der Waals surface area contributed by atoms with Gasteiger partial charge in [-0.1, -0.05) is 0 Å². The molecule has 0 bridgehead atoms. The molecule has 106 valence electrons. The van der Waals surface area contributed by atoms with Gasteiger partial charge in [-0.25, -0.2) is 24.3 Å². The third kappa shape index (κ3) is 36.0. The van der Waals surface area contributed by atoms with E-state index in [2.05, 4.69) is 24.3 Å². The standard InChI is InChI=1S/2C5H5.C3H7.CH3.2ClH.H2Si.Zr/c2*1-2-4-5-3-1;1-3-2;;;;;/h2*1-3H,4H2;3H,1-2H3;1H3;2*1H;1H2;/q4*-1;;;;. The van der Waals surface area contributed by atoms with E-state index in [1.807, 2.05) is 51.5 Å². The van der Waals surface area contributed by atoms with Crippen LogP contribution < -0.4 is 0 Å². The zero-order valence-electron chi connectivity index (χ0n) is 11.5. The van der Waals surface area contributed by atoms with E-state index in [0.717, 1.165) is 12.8 Å². The SMILES string of the molecule is C[CH-]C.Cl.Cl.[C-]1=CC=CC1.[C-]1=CC=CC1.[CH3-].[SiH2]=[Zr]. The van der Waals surface area contributed by atoms with E-state index < -0.39 is 0 Å². The van der Waals surface area contributed by atoms with E-state index in [9.17, 15) is 0 Å². The van der Waals surface area contributed by atoms with Gasteiger partial charge in [0.15, 0.2) is 0 Å². The van der Waals surface area contributed by atoms with Crippen LogP contribution in [-0.2, 0) is 23.3 Å². The Hall–Kier alpha value is 0.640. The number of rotatable bonds is 0. The van der Waals surface area contributed by atoms with Gasteiger partial charge in [0, 0.05) is 0 Å². The summed E-state index contributed by atoms with van der Waals surface area (Å²) in [5.74, 6) is 0. The molecule has 0 N–H and O–H groups in total. The summed E-state index contributed by atoms with van der Waals surface area (Å²) in [7, 11) is 0. The molecule has 4 heteroatoms. The molecule has 18 heavy (non-hydrogen) atoms. The Balaban J connectivity index is -0.0000000418. The van der Waals surface area contributed by atoms with Gasteiger partial charge in [-0.15, -0.1) is 37.7 Å². The van der Waals surface area contributed by atoms with Crippen LogP contribution in [0.1, 0.15) is 26.7 Å². The van der Waals surface area contributed by atoms with Crippen molar-refractivity contribution < 1.29 is 23.3 Å². The van der Waals surface area contributed by atoms with E-state index in [1.54, 1.807) is 23.3 Å². The predicted molar refractivity (Wildman–Crippen MR) is 88.2 cm³/mol. The molecule has 0 aromatic rings. The van der Waals surface area contributed by atoms with Gasteiger partial charge in [0.05, 0.1) is 0 Å². The van der Waals surface area contributed by atoms with E-state index in [0.29, 0.717) is 0 Å². The summed E-state index contributed by atoms with van der Waals surface area (Å²) >= 11 is 1.58. The zero-order chi connectivity index (χ0) is 11.8. The maximum absolute atomic E-state index is 2.99. The van der Waals surface area contributed by atoms with Gasteiger partial charge >= 0.3 is 30.2 Å². The summed E-state index contributed by atoms with van der Waals surface area (Å²) in [6.45, 7) is 5.95. The van der Waals surface area contributed by atoms with Crippen molar-refractivity contribution in [3.05, 3.63) is 62.5 Å². The van der Waals surface area contributed by atoms with Crippen molar-refractivity contribution in [1.29, 1.82) is 0 Å². The van der Waals surface area contributed by atoms with Crippen LogP contribution in [0.3, 0.4) is 0 Å². The molecular formula is C14H24Cl2SiZr-4. The van der Waals surface area contributed by atoms with Gasteiger partial charge in [0.2, 0.25) is 0 Å². The molecule has 0 aromatic heterocycles. The molecule has 0 saturated carbocycles. The van der Waals surface area contributed by atoms with Crippen molar-refractivity contribution in [1.82, 2.24) is 0 Å². The number of hydrogen-bond acceptors (Lipinski definition) is 0. The summed E-state index contributed by atoms with van der Waals surface area (Å²) < 4.78 is 0. The first kappa shape index (κ1) is 31.2. The molecule has 0 radical (unpaired) electrons. The summed E-state index contributed by atoms with van der Waals surface area (Å²) in [6.07, 6.45) is 22.0. The van der Waals surface area contributed by atoms with E-state index in [4.69, 9.17) is 0 Å². The molecule has 2 rings (SSSR count). The van der Waals surface area contributed by atoms with Crippen molar-refractivity contribution in [3.8, 4) is 0 Å². The zero-order valence-corrected chi connectivity index (χ0v) is 17.0. The van der Waals surface area contributed by atoms with Crippen molar-refractivity contribution >= 4 is 31.7 Å². The third-order valence-electron chi connectivity index (χ3n) is 1.17. The van der Waals surface area contributed by atoms with Crippen LogP contribution in [0.15, 0.2) is 36.5 Å². The first-order valence-corrected chi connectivity index (χ1v) is 10.9. The fourth-order valence-electron chi connectivity index (χ4n) is 0.680. The molecule has 0 amide bonds. The molecule has 0 atom stereocenters. The third-order valence-corrected chi connectivity index (χ3v) is 1.17. The summed E-state index contributed by atoms with van der Waals surface area (Å²) in [5, 5.41) is 0. The Morgan fingerprint density at radius 1 is 0.944 bits per heavy atom. The summed E-state index contributed by atoms with van der Waals surface area (Å²) in [5.41, 5.74) is 0. The Labute approximate surface area is 143 Å². The first-order chi connectivity index (χ1) is 7.41. The second-order valence-corrected chi connectivity index (χ2v) is 2.58. The van der Waals surface area contributed by atoms with Gasteiger partial charge in [0.1, 0.15) is 0 Å². The van der Waals surface area contributed by atoms with Crippen LogP contribution >= 0.6 is 24.8 Å². The van der Waals surface area contributed by atoms with Crippen molar-refractivity contribution in [2.75, 3.05) is 0 Å². The number of allylic oxidation sites excluding steroid dienone is 8. The fraction of sp³-hybridized carbons (Fsp3) is 0.286. The van der Waals surface area contributed by atoms with E-state index >= 15 is 0 Å². The molecule has 0 nitrogen and oxygen atoms in total. The first-order valence-electron chi connectivity index (χ1n) is 4.94. The molecule has 2 aliphatic carbocycles. The molecule has 0 saturated heterocycles. The van der Waals surface area contributed by atoms with Crippen LogP contribution in [0, 0.1) is 26.0 Å². The quantitative estimate of drug-likeness (QED) is 0.435. The molecular weight excluding hydrogens is 358 g/mol. The fourth-order valence-corrected chi connectivity index (χ4v) is 0.680. The molecule has 2 aliphatic rings. The number of hydrogen-bond donors (Lipinski definition) is 0. The van der Waals surface area contributed by atoms with Crippen molar-refractivity contribution in [2.45, 2.75) is 26.7 Å². The number of halogens is 2. The van der Waals surface area contributed by atoms with Crippen LogP contribution in [-0.4, -0.2) is 6.88 Å². The monoisotopic (exact) mass is 380 g/mol. The van der Waals surface area contributed by atoms with Crippen LogP contribution in [0.5, 0.6) is 0 Å². The topological polar surface area (TPSA) is 0 Å². The summed E-state index contributed by atoms with van der Waals surface area (Å²) in [6, 6.07) is 0. The van der Waals surface area contributed by atoms with Crippen LogP contribution in [0.2, 0.25) is 0 Å². The molecule has 0 spiro atoms. The van der Waals surface area contributed by atoms with Crippen LogP contribution in [0.4, 0.5) is 0 Å². The molecule has 0 aromatic carbocycles.